The highest BCUT2D eigenvalue weighted by Crippen LogP contribution is 2.23. The Morgan fingerprint density at radius 1 is 1.52 bits per heavy atom. The van der Waals surface area contributed by atoms with E-state index < -0.39 is 0 Å². The van der Waals surface area contributed by atoms with Crippen LogP contribution in [-0.4, -0.2) is 39.7 Å². The van der Waals surface area contributed by atoms with Gasteiger partial charge < -0.3 is 5.32 Å². The summed E-state index contributed by atoms with van der Waals surface area (Å²) in [6.07, 6.45) is 8.71. The zero-order chi connectivity index (χ0) is 15.4. The van der Waals surface area contributed by atoms with Crippen molar-refractivity contribution >= 4 is 5.91 Å². The van der Waals surface area contributed by atoms with Crippen molar-refractivity contribution in [3.63, 3.8) is 0 Å². The van der Waals surface area contributed by atoms with E-state index in [4.69, 9.17) is 0 Å². The molecule has 0 radical (unpaired) electrons. The van der Waals surface area contributed by atoms with E-state index in [-0.39, 0.29) is 11.9 Å². The van der Waals surface area contributed by atoms with Gasteiger partial charge in [0, 0.05) is 31.4 Å². The van der Waals surface area contributed by atoms with Gasteiger partial charge in [-0.15, -0.1) is 0 Å². The fraction of sp³-hybridized carbons (Fsp3) is 0.750. The summed E-state index contributed by atoms with van der Waals surface area (Å²) in [7, 11) is 3.89. The van der Waals surface area contributed by atoms with E-state index >= 15 is 0 Å². The molecule has 5 heteroatoms. The average Bonchev–Trinajstić information content (AvgIpc) is 2.85. The predicted octanol–water partition coefficient (Wildman–Crippen LogP) is 1.94. The number of likely N-dealkylation sites (N-methyl/N-ethyl adjacent to an activating group) is 1. The lowest BCUT2D eigenvalue weighted by atomic mass is 9.86. The van der Waals surface area contributed by atoms with Gasteiger partial charge >= 0.3 is 0 Å². The summed E-state index contributed by atoms with van der Waals surface area (Å²) < 4.78 is 1.79. The maximum atomic E-state index is 12.4. The van der Waals surface area contributed by atoms with Crippen molar-refractivity contribution in [3.05, 3.63) is 18.0 Å². The maximum absolute atomic E-state index is 12.4. The summed E-state index contributed by atoms with van der Waals surface area (Å²) in [6, 6.07) is 0.222. The normalized spacial score (nSPS) is 24.0. The van der Waals surface area contributed by atoms with E-state index in [1.54, 1.807) is 4.68 Å². The van der Waals surface area contributed by atoms with Crippen LogP contribution in [0.15, 0.2) is 12.4 Å². The Labute approximate surface area is 127 Å². The standard InChI is InChI=1S/C16H28N4O/c1-12-7-5-6-8-15(12)18-16(21)13(2)19(3)10-14-9-17-20(4)11-14/h9,11-13,15H,5-8,10H2,1-4H3,(H,18,21)/t12-,13+,15-/m1/s1. The highest BCUT2D eigenvalue weighted by molar-refractivity contribution is 5.81. The number of nitrogens with zero attached hydrogens (tertiary/aromatic N) is 3. The van der Waals surface area contributed by atoms with Gasteiger partial charge in [0.25, 0.3) is 0 Å². The van der Waals surface area contributed by atoms with Gasteiger partial charge in [0.05, 0.1) is 12.2 Å². The van der Waals surface area contributed by atoms with Crippen LogP contribution in [0.3, 0.4) is 0 Å². The molecule has 0 aliphatic heterocycles. The molecule has 1 aromatic heterocycles. The molecule has 1 heterocycles. The molecule has 0 spiro atoms. The molecular weight excluding hydrogens is 264 g/mol. The molecule has 1 aliphatic rings. The second-order valence-electron chi connectivity index (χ2n) is 6.49. The molecular formula is C16H28N4O. The lowest BCUT2D eigenvalue weighted by Crippen LogP contribution is -2.49. The van der Waals surface area contributed by atoms with Crippen LogP contribution in [0, 0.1) is 5.92 Å². The topological polar surface area (TPSA) is 50.2 Å². The van der Waals surface area contributed by atoms with Crippen molar-refractivity contribution in [2.75, 3.05) is 7.05 Å². The minimum atomic E-state index is -0.126. The summed E-state index contributed by atoms with van der Waals surface area (Å²) in [5.41, 5.74) is 1.13. The zero-order valence-electron chi connectivity index (χ0n) is 13.7. The first-order valence-electron chi connectivity index (χ1n) is 7.95. The number of nitrogens with one attached hydrogen (secondary N) is 1. The van der Waals surface area contributed by atoms with Gasteiger partial charge in [0.15, 0.2) is 0 Å². The molecule has 118 valence electrons. The molecule has 0 saturated heterocycles. The Morgan fingerprint density at radius 2 is 2.24 bits per heavy atom. The van der Waals surface area contributed by atoms with Crippen LogP contribution >= 0.6 is 0 Å². The lowest BCUT2D eigenvalue weighted by Gasteiger charge is -2.32. The fourth-order valence-electron chi connectivity index (χ4n) is 3.01. The van der Waals surface area contributed by atoms with Crippen molar-refractivity contribution < 1.29 is 4.79 Å². The molecule has 5 nitrogen and oxygen atoms in total. The maximum Gasteiger partial charge on any atom is 0.237 e. The molecule has 3 atom stereocenters. The molecule has 1 aromatic rings. The van der Waals surface area contributed by atoms with Crippen LogP contribution in [0.1, 0.15) is 45.1 Å². The average molecular weight is 292 g/mol. The third-order valence-electron chi connectivity index (χ3n) is 4.67. The van der Waals surface area contributed by atoms with E-state index in [1.807, 2.05) is 33.4 Å². The van der Waals surface area contributed by atoms with Crippen molar-refractivity contribution in [1.29, 1.82) is 0 Å². The van der Waals surface area contributed by atoms with Gasteiger partial charge in [-0.25, -0.2) is 0 Å². The fourth-order valence-corrected chi connectivity index (χ4v) is 3.01. The molecule has 21 heavy (non-hydrogen) atoms. The number of hydrogen-bond acceptors (Lipinski definition) is 3. The Balaban J connectivity index is 1.85. The zero-order valence-corrected chi connectivity index (χ0v) is 13.7. The van der Waals surface area contributed by atoms with Gasteiger partial charge in [0.2, 0.25) is 5.91 Å². The van der Waals surface area contributed by atoms with E-state index in [9.17, 15) is 4.79 Å². The smallest absolute Gasteiger partial charge is 0.237 e. The number of rotatable bonds is 5. The number of hydrogen-bond donors (Lipinski definition) is 1. The van der Waals surface area contributed by atoms with Gasteiger partial charge in [-0.3, -0.25) is 14.4 Å². The Morgan fingerprint density at radius 3 is 2.86 bits per heavy atom. The number of carbonyl (C=O) groups is 1. The number of amides is 1. The Bertz CT molecular complexity index is 471. The Hall–Kier alpha value is -1.36. The van der Waals surface area contributed by atoms with Crippen LogP contribution in [0.25, 0.3) is 0 Å². The summed E-state index contributed by atoms with van der Waals surface area (Å²) in [5.74, 6) is 0.735. The Kier molecular flexibility index (Phi) is 5.39. The lowest BCUT2D eigenvalue weighted by molar-refractivity contribution is -0.126. The number of carbonyl (C=O) groups excluding carboxylic acids is 1. The number of aromatic nitrogens is 2. The predicted molar refractivity (Wildman–Crippen MR) is 83.7 cm³/mol. The van der Waals surface area contributed by atoms with Gasteiger partial charge in [-0.05, 0) is 32.7 Å². The van der Waals surface area contributed by atoms with Gasteiger partial charge in [-0.2, -0.15) is 5.10 Å². The molecule has 1 saturated carbocycles. The molecule has 1 fully saturated rings. The van der Waals surface area contributed by atoms with Crippen molar-refractivity contribution in [2.45, 2.75) is 58.2 Å². The molecule has 2 rings (SSSR count). The highest BCUT2D eigenvalue weighted by atomic mass is 16.2. The molecule has 0 bridgehead atoms. The van der Waals surface area contributed by atoms with E-state index in [0.717, 1.165) is 18.5 Å². The van der Waals surface area contributed by atoms with Crippen LogP contribution in [0.2, 0.25) is 0 Å². The van der Waals surface area contributed by atoms with Gasteiger partial charge in [-0.1, -0.05) is 19.8 Å². The summed E-state index contributed by atoms with van der Waals surface area (Å²) in [6.45, 7) is 4.95. The van der Waals surface area contributed by atoms with E-state index in [2.05, 4.69) is 22.2 Å². The van der Waals surface area contributed by atoms with E-state index in [0.29, 0.717) is 12.0 Å². The van der Waals surface area contributed by atoms with Crippen molar-refractivity contribution in [1.82, 2.24) is 20.0 Å². The second kappa shape index (κ2) is 7.07. The van der Waals surface area contributed by atoms with Gasteiger partial charge in [0.1, 0.15) is 0 Å². The van der Waals surface area contributed by atoms with E-state index in [1.165, 1.54) is 19.3 Å². The van der Waals surface area contributed by atoms with Crippen LogP contribution in [0.4, 0.5) is 0 Å². The first-order chi connectivity index (χ1) is 9.97. The molecule has 0 unspecified atom stereocenters. The third kappa shape index (κ3) is 4.30. The third-order valence-corrected chi connectivity index (χ3v) is 4.67. The quantitative estimate of drug-likeness (QED) is 0.902. The summed E-state index contributed by atoms with van der Waals surface area (Å²) >= 11 is 0. The first kappa shape index (κ1) is 16.0. The highest BCUT2D eigenvalue weighted by Gasteiger charge is 2.26. The minimum Gasteiger partial charge on any atom is -0.352 e. The largest absolute Gasteiger partial charge is 0.352 e. The van der Waals surface area contributed by atoms with Crippen LogP contribution < -0.4 is 5.32 Å². The van der Waals surface area contributed by atoms with Crippen LogP contribution in [-0.2, 0) is 18.4 Å². The summed E-state index contributed by atoms with van der Waals surface area (Å²) in [5, 5.41) is 7.41. The molecule has 1 N–H and O–H groups in total. The van der Waals surface area contributed by atoms with Crippen molar-refractivity contribution in [2.24, 2.45) is 13.0 Å². The minimum absolute atomic E-state index is 0.126. The number of aryl methyl sites for hydroxylation is 1. The second-order valence-corrected chi connectivity index (χ2v) is 6.49. The molecule has 1 aliphatic carbocycles. The summed E-state index contributed by atoms with van der Waals surface area (Å²) in [4.78, 5) is 14.5. The first-order valence-corrected chi connectivity index (χ1v) is 7.95. The monoisotopic (exact) mass is 292 g/mol. The van der Waals surface area contributed by atoms with Crippen LogP contribution in [0.5, 0.6) is 0 Å². The molecule has 0 aromatic carbocycles. The molecule has 1 amide bonds. The SMILES string of the molecule is C[C@@H]1CCCC[C@H]1NC(=O)[C@H](C)N(C)Cc1cnn(C)c1. The van der Waals surface area contributed by atoms with Crippen molar-refractivity contribution in [3.8, 4) is 0 Å².